The van der Waals surface area contributed by atoms with E-state index in [1.54, 1.807) is 36.5 Å². The summed E-state index contributed by atoms with van der Waals surface area (Å²) in [6, 6.07) is 17.4. The number of nitrogens with zero attached hydrogens (tertiary/aromatic N) is 3. The number of halogens is 1. The Kier molecular flexibility index (Phi) is 4.76. The van der Waals surface area contributed by atoms with Gasteiger partial charge in [0.2, 0.25) is 6.10 Å². The molecule has 1 amide bonds. The Morgan fingerprint density at radius 1 is 1.10 bits per heavy atom. The third kappa shape index (κ3) is 3.46. The second kappa shape index (κ2) is 7.72. The number of carbonyl (C=O) groups excluding carboxylic acids is 1. The number of amides is 1. The molecule has 0 saturated heterocycles. The normalized spacial score (nSPS) is 15.2. The van der Waals surface area contributed by atoms with E-state index >= 15 is 0 Å². The van der Waals surface area contributed by atoms with Gasteiger partial charge in [0.1, 0.15) is 17.9 Å². The minimum absolute atomic E-state index is 0.0772. The van der Waals surface area contributed by atoms with E-state index in [0.29, 0.717) is 27.0 Å². The highest BCUT2D eigenvalue weighted by Gasteiger charge is 2.33. The highest BCUT2D eigenvalue weighted by atomic mass is 32.1. The van der Waals surface area contributed by atoms with Gasteiger partial charge in [-0.25, -0.2) is 9.37 Å². The fraction of sp³-hybridized carbons (Fsp3) is 0.136. The number of carbonyl (C=O) groups is 1. The van der Waals surface area contributed by atoms with Crippen LogP contribution in [0.3, 0.4) is 0 Å². The maximum Gasteiger partial charge on any atom is 0.273 e. The fourth-order valence-electron chi connectivity index (χ4n) is 3.23. The number of benzene rings is 2. The zero-order chi connectivity index (χ0) is 20.5. The summed E-state index contributed by atoms with van der Waals surface area (Å²) in [6.07, 6.45) is 0.812. The highest BCUT2D eigenvalue weighted by molar-refractivity contribution is 7.22. The number of hydrogen-bond donors (Lipinski definition) is 0. The topological polar surface area (TPSA) is 64.6 Å². The van der Waals surface area contributed by atoms with Crippen LogP contribution < -0.4 is 14.4 Å². The Morgan fingerprint density at radius 3 is 2.73 bits per heavy atom. The van der Waals surface area contributed by atoms with Gasteiger partial charge in [-0.15, -0.1) is 0 Å². The lowest BCUT2D eigenvalue weighted by atomic mass is 10.2. The average Bonchev–Trinajstić information content (AvgIpc) is 3.23. The summed E-state index contributed by atoms with van der Waals surface area (Å²) >= 11 is 1.25. The van der Waals surface area contributed by atoms with Crippen molar-refractivity contribution < 1.29 is 18.7 Å². The lowest BCUT2D eigenvalue weighted by Crippen LogP contribution is -2.46. The molecule has 0 unspecified atom stereocenters. The first-order valence-electron chi connectivity index (χ1n) is 9.34. The first kappa shape index (κ1) is 18.5. The van der Waals surface area contributed by atoms with Crippen molar-refractivity contribution in [3.05, 3.63) is 78.4 Å². The van der Waals surface area contributed by atoms with Gasteiger partial charge in [0.05, 0.1) is 16.9 Å². The number of thiazole rings is 1. The Bertz CT molecular complexity index is 1210. The molecule has 6 nitrogen and oxygen atoms in total. The van der Waals surface area contributed by atoms with E-state index in [9.17, 15) is 9.18 Å². The molecule has 0 aliphatic carbocycles. The Hall–Kier alpha value is -3.52. The SMILES string of the molecule is O=C([C@H]1COc2ccccc2O1)N(Cc1ccccn1)c1nc2c(F)cccc2s1. The largest absolute Gasteiger partial charge is 0.485 e. The van der Waals surface area contributed by atoms with E-state index < -0.39 is 11.9 Å². The molecule has 0 N–H and O–H groups in total. The standard InChI is InChI=1S/C22H16FN3O3S/c23-15-7-5-10-19-20(15)25-22(30-19)26(12-14-6-3-4-11-24-14)21(27)18-13-28-16-8-1-2-9-17(16)29-18/h1-11,18H,12-13H2/t18-/m1/s1. The molecule has 2 aromatic carbocycles. The van der Waals surface area contributed by atoms with Crippen LogP contribution in [0.25, 0.3) is 10.2 Å². The number of rotatable bonds is 4. The molecular formula is C22H16FN3O3S. The molecule has 0 radical (unpaired) electrons. The molecule has 0 spiro atoms. The van der Waals surface area contributed by atoms with Crippen LogP contribution in [0.2, 0.25) is 0 Å². The van der Waals surface area contributed by atoms with Crippen LogP contribution in [-0.2, 0) is 11.3 Å². The summed E-state index contributed by atoms with van der Waals surface area (Å²) in [7, 11) is 0. The maximum atomic E-state index is 14.2. The summed E-state index contributed by atoms with van der Waals surface area (Å²) < 4.78 is 26.5. The number of aromatic nitrogens is 2. The van der Waals surface area contributed by atoms with Gasteiger partial charge in [0.25, 0.3) is 5.91 Å². The fourth-order valence-corrected chi connectivity index (χ4v) is 4.21. The van der Waals surface area contributed by atoms with Crippen LogP contribution in [0.5, 0.6) is 11.5 Å². The first-order chi connectivity index (χ1) is 14.7. The molecule has 2 aromatic heterocycles. The minimum atomic E-state index is -0.847. The van der Waals surface area contributed by atoms with Crippen LogP contribution in [0.15, 0.2) is 66.9 Å². The second-order valence-corrected chi connectivity index (χ2v) is 7.70. The van der Waals surface area contributed by atoms with Crippen LogP contribution in [0.1, 0.15) is 5.69 Å². The van der Waals surface area contributed by atoms with Crippen molar-refractivity contribution >= 4 is 32.6 Å². The predicted molar refractivity (Wildman–Crippen MR) is 111 cm³/mol. The van der Waals surface area contributed by atoms with Crippen molar-refractivity contribution in [1.29, 1.82) is 0 Å². The van der Waals surface area contributed by atoms with Gasteiger partial charge in [-0.3, -0.25) is 14.7 Å². The molecule has 8 heteroatoms. The summed E-state index contributed by atoms with van der Waals surface area (Å²) in [5, 5.41) is 0.383. The monoisotopic (exact) mass is 421 g/mol. The van der Waals surface area contributed by atoms with Crippen molar-refractivity contribution in [3.8, 4) is 11.5 Å². The van der Waals surface area contributed by atoms with Gasteiger partial charge in [0.15, 0.2) is 16.6 Å². The lowest BCUT2D eigenvalue weighted by Gasteiger charge is -2.29. The maximum absolute atomic E-state index is 14.2. The van der Waals surface area contributed by atoms with E-state index in [-0.39, 0.29) is 24.6 Å². The number of fused-ring (bicyclic) bond motifs is 2. The first-order valence-corrected chi connectivity index (χ1v) is 10.2. The quantitative estimate of drug-likeness (QED) is 0.494. The van der Waals surface area contributed by atoms with E-state index in [4.69, 9.17) is 9.47 Å². The summed E-state index contributed by atoms with van der Waals surface area (Å²) in [5.41, 5.74) is 0.921. The number of para-hydroxylation sites is 3. The van der Waals surface area contributed by atoms with E-state index in [1.165, 1.54) is 22.3 Å². The molecule has 1 atom stereocenters. The van der Waals surface area contributed by atoms with Crippen LogP contribution >= 0.6 is 11.3 Å². The predicted octanol–water partition coefficient (Wildman–Crippen LogP) is 4.20. The molecule has 1 aliphatic heterocycles. The van der Waals surface area contributed by atoms with Crippen molar-refractivity contribution in [1.82, 2.24) is 9.97 Å². The smallest absolute Gasteiger partial charge is 0.273 e. The molecule has 0 bridgehead atoms. The molecular weight excluding hydrogens is 405 g/mol. The Morgan fingerprint density at radius 2 is 1.93 bits per heavy atom. The molecule has 4 aromatic rings. The average molecular weight is 421 g/mol. The van der Waals surface area contributed by atoms with E-state index in [0.717, 1.165) is 0 Å². The van der Waals surface area contributed by atoms with E-state index in [1.807, 2.05) is 24.3 Å². The minimum Gasteiger partial charge on any atom is -0.485 e. The molecule has 3 heterocycles. The number of anilines is 1. The van der Waals surface area contributed by atoms with Crippen molar-refractivity contribution in [2.75, 3.05) is 11.5 Å². The van der Waals surface area contributed by atoms with E-state index in [2.05, 4.69) is 9.97 Å². The van der Waals surface area contributed by atoms with Gasteiger partial charge in [-0.1, -0.05) is 35.6 Å². The molecule has 1 aliphatic rings. The molecule has 30 heavy (non-hydrogen) atoms. The van der Waals surface area contributed by atoms with Gasteiger partial charge in [-0.2, -0.15) is 0 Å². The third-order valence-electron chi connectivity index (χ3n) is 4.69. The molecule has 150 valence electrons. The van der Waals surface area contributed by atoms with Gasteiger partial charge >= 0.3 is 0 Å². The number of ether oxygens (including phenoxy) is 2. The van der Waals surface area contributed by atoms with Crippen LogP contribution in [-0.4, -0.2) is 28.6 Å². The van der Waals surface area contributed by atoms with Crippen molar-refractivity contribution in [3.63, 3.8) is 0 Å². The molecule has 5 rings (SSSR count). The highest BCUT2D eigenvalue weighted by Crippen LogP contribution is 2.34. The number of pyridine rings is 1. The van der Waals surface area contributed by atoms with Gasteiger partial charge < -0.3 is 9.47 Å². The molecule has 0 fully saturated rings. The van der Waals surface area contributed by atoms with Crippen LogP contribution in [0.4, 0.5) is 9.52 Å². The van der Waals surface area contributed by atoms with Crippen LogP contribution in [0, 0.1) is 5.82 Å². The Balaban J connectivity index is 1.50. The number of hydrogen-bond acceptors (Lipinski definition) is 6. The molecule has 0 saturated carbocycles. The third-order valence-corrected chi connectivity index (χ3v) is 5.73. The lowest BCUT2D eigenvalue weighted by molar-refractivity contribution is -0.127. The van der Waals surface area contributed by atoms with Crippen molar-refractivity contribution in [2.24, 2.45) is 0 Å². The van der Waals surface area contributed by atoms with Gasteiger partial charge in [-0.05, 0) is 36.4 Å². The van der Waals surface area contributed by atoms with Gasteiger partial charge in [0, 0.05) is 6.20 Å². The Labute approximate surface area is 175 Å². The van der Waals surface area contributed by atoms with Crippen molar-refractivity contribution in [2.45, 2.75) is 12.6 Å². The zero-order valence-corrected chi connectivity index (χ0v) is 16.5. The second-order valence-electron chi connectivity index (χ2n) is 6.69. The summed E-state index contributed by atoms with van der Waals surface area (Å²) in [5.74, 6) is 0.358. The summed E-state index contributed by atoms with van der Waals surface area (Å²) in [6.45, 7) is 0.260. The zero-order valence-electron chi connectivity index (χ0n) is 15.7. The summed E-state index contributed by atoms with van der Waals surface area (Å²) in [4.78, 5) is 23.6.